The minimum atomic E-state index is 0.321. The van der Waals surface area contributed by atoms with Crippen LogP contribution in [0.2, 0.25) is 0 Å². The predicted molar refractivity (Wildman–Crippen MR) is 114 cm³/mol. The molecule has 28 heavy (non-hydrogen) atoms. The van der Waals surface area contributed by atoms with Gasteiger partial charge in [0.25, 0.3) is 0 Å². The van der Waals surface area contributed by atoms with E-state index in [0.29, 0.717) is 23.7 Å². The lowest BCUT2D eigenvalue weighted by Crippen LogP contribution is -2.34. The second-order valence-corrected chi connectivity index (χ2v) is 9.48. The molecule has 5 rings (SSSR count). The van der Waals surface area contributed by atoms with E-state index in [-0.39, 0.29) is 0 Å². The Morgan fingerprint density at radius 2 is 1.71 bits per heavy atom. The van der Waals surface area contributed by atoms with Gasteiger partial charge in [-0.25, -0.2) is 0 Å². The van der Waals surface area contributed by atoms with Crippen LogP contribution >= 0.6 is 0 Å². The second-order valence-electron chi connectivity index (χ2n) is 9.48. The second kappa shape index (κ2) is 8.02. The molecule has 2 heterocycles. The van der Waals surface area contributed by atoms with Crippen molar-refractivity contribution in [3.63, 3.8) is 0 Å². The van der Waals surface area contributed by atoms with E-state index in [1.54, 1.807) is 0 Å². The van der Waals surface area contributed by atoms with Gasteiger partial charge in [0.1, 0.15) is 0 Å². The zero-order chi connectivity index (χ0) is 18.9. The molecule has 1 aromatic carbocycles. The lowest BCUT2D eigenvalue weighted by molar-refractivity contribution is -0.134. The summed E-state index contributed by atoms with van der Waals surface area (Å²) in [6.07, 6.45) is 12.2. The minimum Gasteiger partial charge on any atom is -0.342 e. The highest BCUT2D eigenvalue weighted by Crippen LogP contribution is 2.44. The third-order valence-electron chi connectivity index (χ3n) is 7.70. The molecule has 0 spiro atoms. The van der Waals surface area contributed by atoms with Gasteiger partial charge in [0.15, 0.2) is 0 Å². The van der Waals surface area contributed by atoms with Gasteiger partial charge in [-0.2, -0.15) is 0 Å². The highest BCUT2D eigenvalue weighted by molar-refractivity contribution is 5.81. The van der Waals surface area contributed by atoms with Crippen molar-refractivity contribution in [2.45, 2.75) is 51.4 Å². The largest absolute Gasteiger partial charge is 0.342 e. The van der Waals surface area contributed by atoms with Crippen molar-refractivity contribution in [1.29, 1.82) is 0 Å². The van der Waals surface area contributed by atoms with E-state index in [1.807, 2.05) is 0 Å². The van der Waals surface area contributed by atoms with Gasteiger partial charge in [-0.1, -0.05) is 43.2 Å². The summed E-state index contributed by atoms with van der Waals surface area (Å²) in [5, 5.41) is 0. The summed E-state index contributed by atoms with van der Waals surface area (Å²) in [5.74, 6) is 1.97. The number of carbonyl (C=O) groups excluding carboxylic acids is 1. The summed E-state index contributed by atoms with van der Waals surface area (Å²) in [7, 11) is 0. The summed E-state index contributed by atoms with van der Waals surface area (Å²) in [4.78, 5) is 17.6. The Labute approximate surface area is 169 Å². The Morgan fingerprint density at radius 1 is 0.964 bits per heavy atom. The smallest absolute Gasteiger partial charge is 0.225 e. The van der Waals surface area contributed by atoms with E-state index >= 15 is 0 Å². The van der Waals surface area contributed by atoms with Crippen molar-refractivity contribution in [3.05, 3.63) is 41.5 Å². The average Bonchev–Trinajstić information content (AvgIpc) is 3.51. The van der Waals surface area contributed by atoms with Crippen LogP contribution in [-0.2, 0) is 11.2 Å². The number of hydrogen-bond acceptors (Lipinski definition) is 2. The molecule has 3 heteroatoms. The number of carbonyl (C=O) groups is 1. The average molecular weight is 379 g/mol. The Balaban J connectivity index is 1.20. The Bertz CT molecular complexity index is 725. The number of benzene rings is 1. The molecular weight excluding hydrogens is 344 g/mol. The number of rotatable bonds is 5. The molecule has 0 radical (unpaired) electrons. The van der Waals surface area contributed by atoms with Crippen LogP contribution in [-0.4, -0.2) is 48.4 Å². The molecule has 2 unspecified atom stereocenters. The number of allylic oxidation sites excluding steroid dienone is 1. The van der Waals surface area contributed by atoms with Crippen molar-refractivity contribution in [1.82, 2.24) is 9.80 Å². The van der Waals surface area contributed by atoms with Crippen molar-refractivity contribution in [2.24, 2.45) is 17.8 Å². The van der Waals surface area contributed by atoms with Crippen molar-refractivity contribution < 1.29 is 4.79 Å². The van der Waals surface area contributed by atoms with Crippen LogP contribution in [0.25, 0.3) is 5.57 Å². The van der Waals surface area contributed by atoms with E-state index in [1.165, 1.54) is 62.0 Å². The number of hydrogen-bond donors (Lipinski definition) is 0. The van der Waals surface area contributed by atoms with Crippen LogP contribution in [0.1, 0.15) is 56.1 Å². The van der Waals surface area contributed by atoms with Crippen LogP contribution in [0.5, 0.6) is 0 Å². The molecule has 0 aromatic heterocycles. The van der Waals surface area contributed by atoms with Crippen LogP contribution in [0.3, 0.4) is 0 Å². The van der Waals surface area contributed by atoms with Gasteiger partial charge in [-0.3, -0.25) is 4.79 Å². The van der Waals surface area contributed by atoms with Crippen LogP contribution in [0.15, 0.2) is 30.3 Å². The minimum absolute atomic E-state index is 0.321. The van der Waals surface area contributed by atoms with Gasteiger partial charge in [-0.05, 0) is 74.2 Å². The maximum Gasteiger partial charge on any atom is 0.225 e. The molecule has 150 valence electrons. The van der Waals surface area contributed by atoms with E-state index in [4.69, 9.17) is 0 Å². The molecule has 2 atom stereocenters. The van der Waals surface area contributed by atoms with Gasteiger partial charge in [0.2, 0.25) is 5.91 Å². The number of nitrogens with zero attached hydrogens (tertiary/aromatic N) is 2. The highest BCUT2D eigenvalue weighted by Gasteiger charge is 2.41. The quantitative estimate of drug-likeness (QED) is 0.759. The number of likely N-dealkylation sites (tertiary alicyclic amines) is 2. The summed E-state index contributed by atoms with van der Waals surface area (Å²) < 4.78 is 0. The van der Waals surface area contributed by atoms with Gasteiger partial charge in [0.05, 0.1) is 0 Å². The zero-order valence-corrected chi connectivity index (χ0v) is 17.1. The third-order valence-corrected chi connectivity index (χ3v) is 7.70. The number of amides is 1. The van der Waals surface area contributed by atoms with Gasteiger partial charge < -0.3 is 9.80 Å². The number of fused-ring (bicyclic) bond motifs is 1. The van der Waals surface area contributed by atoms with E-state index in [0.717, 1.165) is 38.8 Å². The maximum atomic E-state index is 12.8. The first-order chi connectivity index (χ1) is 13.8. The molecule has 3 nitrogen and oxygen atoms in total. The van der Waals surface area contributed by atoms with Crippen molar-refractivity contribution >= 4 is 11.5 Å². The Hall–Kier alpha value is -1.61. The van der Waals surface area contributed by atoms with Gasteiger partial charge in [-0.15, -0.1) is 0 Å². The first-order valence-electron chi connectivity index (χ1n) is 11.6. The van der Waals surface area contributed by atoms with Gasteiger partial charge in [0, 0.05) is 31.5 Å². The maximum absolute atomic E-state index is 12.8. The molecular formula is C25H34N2O. The standard InChI is InChI=1S/C25H34N2O/c28-25(21-5-1-2-6-21)27-17-22-11-12-23(24(22)18-27)20-9-7-19(8-10-20)13-16-26-14-3-4-15-26/h7-10,12,21-22,24H,1-6,11,13-18H2. The van der Waals surface area contributed by atoms with E-state index < -0.39 is 0 Å². The highest BCUT2D eigenvalue weighted by atomic mass is 16.2. The SMILES string of the molecule is O=C(C1CCCC1)N1CC2CC=C(c3ccc(CCN4CCCC4)cc3)C2C1. The predicted octanol–water partition coefficient (Wildman–Crippen LogP) is 4.38. The molecule has 1 saturated carbocycles. The lowest BCUT2D eigenvalue weighted by atomic mass is 9.90. The normalized spacial score (nSPS) is 28.1. The Kier molecular flexibility index (Phi) is 5.28. The molecule has 0 N–H and O–H groups in total. The Morgan fingerprint density at radius 3 is 2.46 bits per heavy atom. The lowest BCUT2D eigenvalue weighted by Gasteiger charge is -2.21. The summed E-state index contributed by atoms with van der Waals surface area (Å²) in [6, 6.07) is 9.32. The molecule has 3 fully saturated rings. The molecule has 1 amide bonds. The van der Waals surface area contributed by atoms with Crippen molar-refractivity contribution in [2.75, 3.05) is 32.7 Å². The van der Waals surface area contributed by atoms with Crippen LogP contribution in [0, 0.1) is 17.8 Å². The fraction of sp³-hybridized carbons (Fsp3) is 0.640. The molecule has 1 aromatic rings. The summed E-state index contributed by atoms with van der Waals surface area (Å²) >= 11 is 0. The molecule has 2 saturated heterocycles. The van der Waals surface area contributed by atoms with Crippen LogP contribution < -0.4 is 0 Å². The zero-order valence-electron chi connectivity index (χ0n) is 17.1. The fourth-order valence-electron chi connectivity index (χ4n) is 5.99. The van der Waals surface area contributed by atoms with Crippen molar-refractivity contribution in [3.8, 4) is 0 Å². The van der Waals surface area contributed by atoms with E-state index in [2.05, 4.69) is 40.1 Å². The molecule has 4 aliphatic rings. The van der Waals surface area contributed by atoms with Gasteiger partial charge >= 0.3 is 0 Å². The topological polar surface area (TPSA) is 23.6 Å². The summed E-state index contributed by atoms with van der Waals surface area (Å²) in [6.45, 7) is 5.69. The third kappa shape index (κ3) is 3.66. The molecule has 0 bridgehead atoms. The molecule has 2 aliphatic heterocycles. The molecule has 2 aliphatic carbocycles. The van der Waals surface area contributed by atoms with Crippen LogP contribution in [0.4, 0.5) is 0 Å². The first kappa shape index (κ1) is 18.4. The van der Waals surface area contributed by atoms with E-state index in [9.17, 15) is 4.79 Å². The first-order valence-corrected chi connectivity index (χ1v) is 11.6. The monoisotopic (exact) mass is 378 g/mol. The fourth-order valence-corrected chi connectivity index (χ4v) is 5.99. The summed E-state index contributed by atoms with van der Waals surface area (Å²) in [5.41, 5.74) is 4.33.